The van der Waals surface area contributed by atoms with E-state index in [1.54, 1.807) is 42.5 Å². The van der Waals surface area contributed by atoms with Gasteiger partial charge in [0.1, 0.15) is 6.04 Å². The highest BCUT2D eigenvalue weighted by Gasteiger charge is 2.23. The number of nitrogens with one attached hydrogen (secondary N) is 2. The Bertz CT molecular complexity index is 1490. The lowest BCUT2D eigenvalue weighted by Gasteiger charge is -2.18. The van der Waals surface area contributed by atoms with Crippen molar-refractivity contribution in [3.63, 3.8) is 0 Å². The molecule has 0 aliphatic carbocycles. The van der Waals surface area contributed by atoms with Crippen molar-refractivity contribution in [3.05, 3.63) is 112 Å². The van der Waals surface area contributed by atoms with Crippen LogP contribution in [0.2, 0.25) is 0 Å². The van der Waals surface area contributed by atoms with Crippen LogP contribution in [0, 0.1) is 10.1 Å². The van der Waals surface area contributed by atoms with Crippen molar-refractivity contribution >= 4 is 35.0 Å². The molecule has 10 nitrogen and oxygen atoms in total. The minimum absolute atomic E-state index is 0.0494. The van der Waals surface area contributed by atoms with Crippen LogP contribution in [-0.2, 0) is 22.6 Å². The Morgan fingerprint density at radius 2 is 1.85 bits per heavy atom. The molecule has 0 aliphatic rings. The molecule has 1 aromatic heterocycles. The van der Waals surface area contributed by atoms with Gasteiger partial charge in [-0.15, -0.1) is 0 Å². The summed E-state index contributed by atoms with van der Waals surface area (Å²) >= 11 is 1.59. The molecule has 0 fully saturated rings. The number of anilines is 1. The second-order valence-corrected chi connectivity index (χ2v) is 10.2. The number of hydrogen-bond donors (Lipinski definition) is 2. The average molecular weight is 574 g/mol. The zero-order valence-electron chi connectivity index (χ0n) is 22.8. The number of imidazole rings is 1. The number of carbonyl (C=O) groups is 2. The lowest BCUT2D eigenvalue weighted by molar-refractivity contribution is -0.384. The third-order valence-corrected chi connectivity index (χ3v) is 7.17. The lowest BCUT2D eigenvalue weighted by atomic mass is 9.98. The number of benzene rings is 3. The number of nitro groups is 1. The molecule has 0 spiro atoms. The summed E-state index contributed by atoms with van der Waals surface area (Å²) in [5, 5.41) is 17.2. The zero-order valence-corrected chi connectivity index (χ0v) is 23.6. The van der Waals surface area contributed by atoms with Crippen LogP contribution in [-0.4, -0.2) is 51.5 Å². The number of rotatable bonds is 13. The first-order chi connectivity index (χ1) is 19.9. The molecule has 0 unspecified atom stereocenters. The van der Waals surface area contributed by atoms with Gasteiger partial charge in [0.05, 0.1) is 30.6 Å². The van der Waals surface area contributed by atoms with Crippen molar-refractivity contribution in [2.45, 2.75) is 25.6 Å². The number of nitrogens with zero attached hydrogens (tertiary/aromatic N) is 3. The van der Waals surface area contributed by atoms with Gasteiger partial charge in [-0.2, -0.15) is 11.8 Å². The Hall–Kier alpha value is -4.64. The van der Waals surface area contributed by atoms with Gasteiger partial charge in [0.2, 0.25) is 0 Å². The second-order valence-electron chi connectivity index (χ2n) is 9.25. The number of esters is 1. The molecule has 0 saturated carbocycles. The van der Waals surface area contributed by atoms with Crippen LogP contribution in [0.5, 0.6) is 0 Å². The van der Waals surface area contributed by atoms with E-state index in [2.05, 4.69) is 15.6 Å². The molecule has 1 heterocycles. The summed E-state index contributed by atoms with van der Waals surface area (Å²) in [4.78, 5) is 40.4. The van der Waals surface area contributed by atoms with E-state index < -0.39 is 16.9 Å². The molecule has 2 N–H and O–H groups in total. The molecule has 4 aromatic rings. The van der Waals surface area contributed by atoms with Gasteiger partial charge >= 0.3 is 5.97 Å². The third-order valence-electron chi connectivity index (χ3n) is 6.52. The van der Waals surface area contributed by atoms with Crippen molar-refractivity contribution < 1.29 is 19.2 Å². The summed E-state index contributed by atoms with van der Waals surface area (Å²) in [5.41, 5.74) is 4.72. The number of nitro benzene ring substituents is 1. The Balaban J connectivity index is 1.52. The first kappa shape index (κ1) is 29.3. The third kappa shape index (κ3) is 7.73. The fraction of sp³-hybridized carbons (Fsp3) is 0.233. The molecular weight excluding hydrogens is 542 g/mol. The fourth-order valence-electron chi connectivity index (χ4n) is 4.32. The Kier molecular flexibility index (Phi) is 10.1. The number of carbonyl (C=O) groups excluding carboxylic acids is 2. The number of thioether (sulfide) groups is 1. The van der Waals surface area contributed by atoms with E-state index in [1.807, 2.05) is 53.3 Å². The zero-order chi connectivity index (χ0) is 29.2. The Morgan fingerprint density at radius 3 is 2.54 bits per heavy atom. The van der Waals surface area contributed by atoms with Crippen LogP contribution in [0.3, 0.4) is 0 Å². The molecule has 212 valence electrons. The summed E-state index contributed by atoms with van der Waals surface area (Å²) in [6.07, 6.45) is 5.89. The van der Waals surface area contributed by atoms with Crippen LogP contribution < -0.4 is 10.6 Å². The molecule has 4 rings (SSSR count). The monoisotopic (exact) mass is 573 g/mol. The maximum atomic E-state index is 13.4. The molecule has 1 amide bonds. The van der Waals surface area contributed by atoms with Crippen LogP contribution in [0.15, 0.2) is 85.3 Å². The van der Waals surface area contributed by atoms with Gasteiger partial charge in [0.15, 0.2) is 0 Å². The van der Waals surface area contributed by atoms with Gasteiger partial charge in [0, 0.05) is 36.1 Å². The largest absolute Gasteiger partial charge is 0.467 e. The molecule has 11 heteroatoms. The van der Waals surface area contributed by atoms with Gasteiger partial charge in [0.25, 0.3) is 11.6 Å². The molecule has 0 saturated heterocycles. The smallest absolute Gasteiger partial charge is 0.328 e. The number of hydrogen-bond acceptors (Lipinski definition) is 8. The number of amides is 1. The summed E-state index contributed by atoms with van der Waals surface area (Å²) in [6, 6.07) is 20.8. The maximum absolute atomic E-state index is 13.4. The maximum Gasteiger partial charge on any atom is 0.328 e. The highest BCUT2D eigenvalue weighted by atomic mass is 32.2. The first-order valence-electron chi connectivity index (χ1n) is 12.9. The Labute approximate surface area is 242 Å². The highest BCUT2D eigenvalue weighted by Crippen LogP contribution is 2.28. The van der Waals surface area contributed by atoms with Crippen LogP contribution in [0.1, 0.15) is 28.0 Å². The lowest BCUT2D eigenvalue weighted by Crippen LogP contribution is -2.42. The van der Waals surface area contributed by atoms with Gasteiger partial charge in [-0.1, -0.05) is 42.5 Å². The van der Waals surface area contributed by atoms with E-state index in [0.29, 0.717) is 30.8 Å². The van der Waals surface area contributed by atoms with E-state index in [0.717, 1.165) is 28.1 Å². The van der Waals surface area contributed by atoms with E-state index in [-0.39, 0.29) is 11.6 Å². The summed E-state index contributed by atoms with van der Waals surface area (Å²) in [6.45, 7) is 0.979. The van der Waals surface area contributed by atoms with Crippen LogP contribution in [0.4, 0.5) is 11.4 Å². The van der Waals surface area contributed by atoms with Crippen LogP contribution >= 0.6 is 11.8 Å². The molecule has 0 bridgehead atoms. The Morgan fingerprint density at radius 1 is 1.10 bits per heavy atom. The standard InChI is InChI=1S/C30H31N5O5S/c1-40-30(37)28(14-15-41-2)33-29(36)26-13-10-23(16-27(26)22-6-4-3-5-7-22)32-18-25-17-31-20-34(25)19-21-8-11-24(12-9-21)35(38)39/h3-13,16-17,20,28,32H,14-15,18-19H2,1-2H3,(H,33,36)/t28-/m0/s1. The predicted octanol–water partition coefficient (Wildman–Crippen LogP) is 5.14. The van der Waals surface area contributed by atoms with Crippen molar-refractivity contribution in [1.82, 2.24) is 14.9 Å². The van der Waals surface area contributed by atoms with Crippen molar-refractivity contribution in [3.8, 4) is 11.1 Å². The molecule has 0 aliphatic heterocycles. The number of aromatic nitrogens is 2. The van der Waals surface area contributed by atoms with Crippen LogP contribution in [0.25, 0.3) is 11.1 Å². The number of non-ortho nitro benzene ring substituents is 1. The molecule has 3 aromatic carbocycles. The normalized spacial score (nSPS) is 11.5. The highest BCUT2D eigenvalue weighted by molar-refractivity contribution is 7.98. The summed E-state index contributed by atoms with van der Waals surface area (Å²) < 4.78 is 6.87. The van der Waals surface area contributed by atoms with Gasteiger partial charge in [-0.05, 0) is 53.3 Å². The van der Waals surface area contributed by atoms with E-state index in [9.17, 15) is 19.7 Å². The van der Waals surface area contributed by atoms with E-state index in [1.165, 1.54) is 19.2 Å². The van der Waals surface area contributed by atoms with Crippen molar-refractivity contribution in [2.24, 2.45) is 0 Å². The minimum Gasteiger partial charge on any atom is -0.467 e. The summed E-state index contributed by atoms with van der Waals surface area (Å²) in [5.74, 6) is -0.125. The SMILES string of the molecule is COC(=O)[C@H](CCSC)NC(=O)c1ccc(NCc2cncn2Cc2ccc([N+](=O)[O-])cc2)cc1-c1ccccc1. The molecule has 41 heavy (non-hydrogen) atoms. The second kappa shape index (κ2) is 14.1. The minimum atomic E-state index is -0.739. The van der Waals surface area contributed by atoms with Crippen molar-refractivity contribution in [2.75, 3.05) is 24.4 Å². The fourth-order valence-corrected chi connectivity index (χ4v) is 4.79. The number of ether oxygens (including phenoxy) is 1. The molecular formula is C30H31N5O5S. The quantitative estimate of drug-likeness (QED) is 0.128. The van der Waals surface area contributed by atoms with E-state index in [4.69, 9.17) is 4.74 Å². The van der Waals surface area contributed by atoms with Gasteiger partial charge in [-0.3, -0.25) is 14.9 Å². The van der Waals surface area contributed by atoms with Gasteiger partial charge in [-0.25, -0.2) is 9.78 Å². The number of methoxy groups -OCH3 is 1. The molecule has 0 radical (unpaired) electrons. The van der Waals surface area contributed by atoms with Gasteiger partial charge < -0.3 is 19.9 Å². The van der Waals surface area contributed by atoms with E-state index >= 15 is 0 Å². The average Bonchev–Trinajstić information content (AvgIpc) is 3.44. The van der Waals surface area contributed by atoms with Crippen molar-refractivity contribution in [1.29, 1.82) is 0 Å². The molecule has 1 atom stereocenters. The topological polar surface area (TPSA) is 128 Å². The summed E-state index contributed by atoms with van der Waals surface area (Å²) in [7, 11) is 1.31. The first-order valence-corrected chi connectivity index (χ1v) is 14.3. The predicted molar refractivity (Wildman–Crippen MR) is 160 cm³/mol.